The number of benzene rings is 2. The van der Waals surface area contributed by atoms with Crippen LogP contribution < -0.4 is 10.0 Å². The molecule has 0 fully saturated rings. The lowest BCUT2D eigenvalue weighted by atomic mass is 10.3. The predicted molar refractivity (Wildman–Crippen MR) is 92.2 cm³/mol. The highest BCUT2D eigenvalue weighted by Crippen LogP contribution is 2.14. The van der Waals surface area contributed by atoms with Crippen molar-refractivity contribution in [3.05, 3.63) is 60.2 Å². The normalized spacial score (nSPS) is 11.0. The fraction of sp³-hybridized carbons (Fsp3) is 0.176. The Balaban J connectivity index is 1.73. The van der Waals surface area contributed by atoms with Gasteiger partial charge in [0.15, 0.2) is 6.61 Å². The predicted octanol–water partition coefficient (Wildman–Crippen LogP) is 1.82. The second-order valence-corrected chi connectivity index (χ2v) is 7.06. The highest BCUT2D eigenvalue weighted by molar-refractivity contribution is 7.89. The minimum atomic E-state index is -3.75. The van der Waals surface area contributed by atoms with E-state index >= 15 is 0 Å². The largest absolute Gasteiger partial charge is 0.456 e. The number of amides is 1. The Morgan fingerprint density at radius 2 is 1.74 bits per heavy atom. The summed E-state index contributed by atoms with van der Waals surface area (Å²) in [6.07, 6.45) is -0.301. The Kier molecular flexibility index (Phi) is 6.97. The van der Waals surface area contributed by atoms with Gasteiger partial charge in [-0.1, -0.05) is 18.2 Å². The Bertz CT molecular complexity index is 920. The van der Waals surface area contributed by atoms with Gasteiger partial charge in [-0.3, -0.25) is 9.59 Å². The van der Waals surface area contributed by atoms with Gasteiger partial charge in [-0.25, -0.2) is 21.9 Å². The van der Waals surface area contributed by atoms with Gasteiger partial charge in [-0.05, 0) is 24.3 Å². The van der Waals surface area contributed by atoms with E-state index in [1.807, 2.05) is 0 Å². The number of halogens is 2. The molecule has 0 aliphatic rings. The van der Waals surface area contributed by atoms with Crippen molar-refractivity contribution in [2.24, 2.45) is 0 Å². The van der Waals surface area contributed by atoms with Gasteiger partial charge in [0.05, 0.1) is 17.0 Å². The van der Waals surface area contributed by atoms with E-state index in [9.17, 15) is 26.8 Å². The average molecular weight is 398 g/mol. The van der Waals surface area contributed by atoms with Gasteiger partial charge >= 0.3 is 5.97 Å². The summed E-state index contributed by atoms with van der Waals surface area (Å²) in [6.45, 7) is -0.911. The standard InChI is InChI=1S/C17H16F2N2O5S/c18-12-6-7-15(14(19)10-12)21-16(22)11-26-17(23)8-9-20-27(24,25)13-4-2-1-3-5-13/h1-7,10,20H,8-9,11H2,(H,21,22). The third-order valence-corrected chi connectivity index (χ3v) is 4.72. The topological polar surface area (TPSA) is 102 Å². The molecule has 1 amide bonds. The molecular formula is C17H16F2N2O5S. The first-order chi connectivity index (χ1) is 12.8. The molecule has 7 nitrogen and oxygen atoms in total. The summed E-state index contributed by atoms with van der Waals surface area (Å²) in [5, 5.41) is 2.13. The smallest absolute Gasteiger partial charge is 0.307 e. The molecule has 0 radical (unpaired) electrons. The molecule has 0 aliphatic heterocycles. The summed E-state index contributed by atoms with van der Waals surface area (Å²) < 4.78 is 57.0. The SMILES string of the molecule is O=C(COC(=O)CCNS(=O)(=O)c1ccccc1)Nc1ccc(F)cc1F. The minimum absolute atomic E-state index is 0.0547. The number of hydrogen-bond acceptors (Lipinski definition) is 5. The van der Waals surface area contributed by atoms with Gasteiger partial charge < -0.3 is 10.1 Å². The number of anilines is 1. The number of nitrogens with one attached hydrogen (secondary N) is 2. The van der Waals surface area contributed by atoms with E-state index < -0.39 is 40.1 Å². The number of hydrogen-bond donors (Lipinski definition) is 2. The van der Waals surface area contributed by atoms with Crippen molar-refractivity contribution < 1.29 is 31.5 Å². The van der Waals surface area contributed by atoms with Gasteiger partial charge in [0.1, 0.15) is 11.6 Å². The van der Waals surface area contributed by atoms with Crippen molar-refractivity contribution in [2.45, 2.75) is 11.3 Å². The van der Waals surface area contributed by atoms with Gasteiger partial charge in [0, 0.05) is 12.6 Å². The molecule has 2 aromatic carbocycles. The van der Waals surface area contributed by atoms with E-state index in [0.29, 0.717) is 6.07 Å². The van der Waals surface area contributed by atoms with E-state index in [-0.39, 0.29) is 23.5 Å². The molecule has 144 valence electrons. The van der Waals surface area contributed by atoms with Gasteiger partial charge in [0.2, 0.25) is 10.0 Å². The molecule has 27 heavy (non-hydrogen) atoms. The van der Waals surface area contributed by atoms with E-state index in [0.717, 1.165) is 12.1 Å². The van der Waals surface area contributed by atoms with Crippen LogP contribution in [0, 0.1) is 11.6 Å². The van der Waals surface area contributed by atoms with E-state index in [1.165, 1.54) is 12.1 Å². The van der Waals surface area contributed by atoms with Crippen molar-refractivity contribution in [3.8, 4) is 0 Å². The van der Waals surface area contributed by atoms with Crippen molar-refractivity contribution in [1.82, 2.24) is 4.72 Å². The number of carbonyl (C=O) groups excluding carboxylic acids is 2. The van der Waals surface area contributed by atoms with Gasteiger partial charge in [0.25, 0.3) is 5.91 Å². The quantitative estimate of drug-likeness (QED) is 0.661. The number of sulfonamides is 1. The molecule has 0 heterocycles. The zero-order chi connectivity index (χ0) is 19.9. The first kappa shape index (κ1) is 20.5. The summed E-state index contributed by atoms with van der Waals surface area (Å²) in [6, 6.07) is 10.2. The molecule has 2 rings (SSSR count). The first-order valence-corrected chi connectivity index (χ1v) is 9.21. The maximum Gasteiger partial charge on any atom is 0.307 e. The van der Waals surface area contributed by atoms with Crippen LogP contribution in [0.5, 0.6) is 0 Å². The summed E-state index contributed by atoms with van der Waals surface area (Å²) >= 11 is 0. The van der Waals surface area contributed by atoms with E-state index in [1.54, 1.807) is 18.2 Å². The van der Waals surface area contributed by atoms with Crippen LogP contribution >= 0.6 is 0 Å². The molecule has 0 bridgehead atoms. The molecule has 2 N–H and O–H groups in total. The van der Waals surface area contributed by atoms with E-state index in [4.69, 9.17) is 0 Å². The summed E-state index contributed by atoms with van der Waals surface area (Å²) in [7, 11) is -3.75. The highest BCUT2D eigenvalue weighted by Gasteiger charge is 2.15. The lowest BCUT2D eigenvalue weighted by molar-refractivity contribution is -0.147. The molecule has 2 aromatic rings. The van der Waals surface area contributed by atoms with Crippen molar-refractivity contribution in [3.63, 3.8) is 0 Å². The molecule has 0 aliphatic carbocycles. The molecule has 0 atom stereocenters. The fourth-order valence-electron chi connectivity index (χ4n) is 1.97. The molecule has 0 saturated carbocycles. The van der Waals surface area contributed by atoms with Crippen molar-refractivity contribution >= 4 is 27.6 Å². The average Bonchev–Trinajstić information content (AvgIpc) is 2.63. The van der Waals surface area contributed by atoms with Gasteiger partial charge in [-0.2, -0.15) is 0 Å². The molecule has 10 heteroatoms. The lowest BCUT2D eigenvalue weighted by Gasteiger charge is -2.08. The Morgan fingerprint density at radius 3 is 2.41 bits per heavy atom. The van der Waals surface area contributed by atoms with Crippen LogP contribution in [0.25, 0.3) is 0 Å². The van der Waals surface area contributed by atoms with Crippen LogP contribution in [-0.2, 0) is 24.3 Å². The molecule has 0 unspecified atom stereocenters. The minimum Gasteiger partial charge on any atom is -0.456 e. The third-order valence-electron chi connectivity index (χ3n) is 3.24. The Hall–Kier alpha value is -2.85. The maximum absolute atomic E-state index is 13.4. The lowest BCUT2D eigenvalue weighted by Crippen LogP contribution is -2.28. The fourth-order valence-corrected chi connectivity index (χ4v) is 3.02. The zero-order valence-corrected chi connectivity index (χ0v) is 14.8. The Morgan fingerprint density at radius 1 is 1.04 bits per heavy atom. The Labute approximate surface area is 154 Å². The van der Waals surface area contributed by atoms with Crippen LogP contribution in [0.2, 0.25) is 0 Å². The van der Waals surface area contributed by atoms with Crippen LogP contribution in [0.4, 0.5) is 14.5 Å². The number of ether oxygens (including phenoxy) is 1. The maximum atomic E-state index is 13.4. The third kappa shape index (κ3) is 6.42. The molecule has 0 saturated heterocycles. The van der Waals surface area contributed by atoms with Crippen LogP contribution in [0.15, 0.2) is 53.4 Å². The second kappa shape index (κ2) is 9.19. The van der Waals surface area contributed by atoms with Gasteiger partial charge in [-0.15, -0.1) is 0 Å². The summed E-state index contributed by atoms with van der Waals surface area (Å²) in [5.74, 6) is -3.40. The monoisotopic (exact) mass is 398 g/mol. The molecule has 0 spiro atoms. The number of esters is 1. The summed E-state index contributed by atoms with van der Waals surface area (Å²) in [5.41, 5.74) is -0.256. The van der Waals surface area contributed by atoms with Crippen molar-refractivity contribution in [2.75, 3.05) is 18.5 Å². The molecular weight excluding hydrogens is 382 g/mol. The van der Waals surface area contributed by atoms with Crippen LogP contribution in [0.1, 0.15) is 6.42 Å². The number of carbonyl (C=O) groups is 2. The zero-order valence-electron chi connectivity index (χ0n) is 13.9. The van der Waals surface area contributed by atoms with Crippen LogP contribution in [-0.4, -0.2) is 33.4 Å². The van der Waals surface area contributed by atoms with E-state index in [2.05, 4.69) is 14.8 Å². The first-order valence-electron chi connectivity index (χ1n) is 7.73. The summed E-state index contributed by atoms with van der Waals surface area (Å²) in [4.78, 5) is 23.2. The number of rotatable bonds is 8. The van der Waals surface area contributed by atoms with Crippen LogP contribution in [0.3, 0.4) is 0 Å². The molecule has 0 aromatic heterocycles. The van der Waals surface area contributed by atoms with Crippen molar-refractivity contribution in [1.29, 1.82) is 0 Å². The second-order valence-electron chi connectivity index (χ2n) is 5.29. The highest BCUT2D eigenvalue weighted by atomic mass is 32.2.